The van der Waals surface area contributed by atoms with Gasteiger partial charge in [-0.1, -0.05) is 23.4 Å². The third-order valence-corrected chi connectivity index (χ3v) is 6.85. The maximum Gasteiger partial charge on any atom is 0.248 e. The van der Waals surface area contributed by atoms with Crippen molar-refractivity contribution in [3.63, 3.8) is 0 Å². The first-order valence-electron chi connectivity index (χ1n) is 8.51. The summed E-state index contributed by atoms with van der Waals surface area (Å²) < 4.78 is 38.1. The second-order valence-electron chi connectivity index (χ2n) is 6.58. The van der Waals surface area contributed by atoms with Gasteiger partial charge in [0.15, 0.2) is 5.76 Å². The molecule has 1 aromatic heterocycles. The second-order valence-corrected chi connectivity index (χ2v) is 8.45. The molecule has 3 rings (SSSR count). The fourth-order valence-electron chi connectivity index (χ4n) is 3.21. The van der Waals surface area contributed by atoms with Crippen LogP contribution in [0.3, 0.4) is 0 Å². The quantitative estimate of drug-likeness (QED) is 0.815. The van der Waals surface area contributed by atoms with Gasteiger partial charge in [0.2, 0.25) is 10.0 Å². The Morgan fingerprint density at radius 1 is 1.20 bits per heavy atom. The van der Waals surface area contributed by atoms with Gasteiger partial charge >= 0.3 is 0 Å². The van der Waals surface area contributed by atoms with Crippen LogP contribution >= 0.6 is 0 Å². The summed E-state index contributed by atoms with van der Waals surface area (Å²) in [5, 5.41) is 3.76. The summed E-state index contributed by atoms with van der Waals surface area (Å²) >= 11 is 0. The molecule has 1 saturated heterocycles. The number of aryl methyl sites for hydroxylation is 3. The Bertz CT molecular complexity index is 817. The first kappa shape index (κ1) is 17.9. The molecule has 1 aliphatic heterocycles. The maximum atomic E-state index is 12.8. The van der Waals surface area contributed by atoms with Gasteiger partial charge in [0.25, 0.3) is 0 Å². The highest BCUT2D eigenvalue weighted by Crippen LogP contribution is 2.28. The fraction of sp³-hybridized carbons (Fsp3) is 0.500. The van der Waals surface area contributed by atoms with E-state index in [9.17, 15) is 8.42 Å². The van der Waals surface area contributed by atoms with Crippen LogP contribution in [-0.2, 0) is 10.0 Å². The standard InChI is InChI=1S/C18H24N2O4S/c1-13-6-4-5-7-17(13)23-12-16-8-10-20(11-9-16)25(21,22)18-14(2)19-24-15(18)3/h4-7,16H,8-12H2,1-3H3. The second kappa shape index (κ2) is 7.17. The molecule has 0 atom stereocenters. The molecule has 1 fully saturated rings. The van der Waals surface area contributed by atoms with Crippen LogP contribution in [0.1, 0.15) is 29.9 Å². The highest BCUT2D eigenvalue weighted by atomic mass is 32.2. The summed E-state index contributed by atoms with van der Waals surface area (Å²) in [5.41, 5.74) is 1.53. The summed E-state index contributed by atoms with van der Waals surface area (Å²) in [6.45, 7) is 6.92. The molecule has 0 bridgehead atoms. The van der Waals surface area contributed by atoms with E-state index in [4.69, 9.17) is 9.26 Å². The minimum atomic E-state index is -3.54. The zero-order valence-electron chi connectivity index (χ0n) is 14.9. The zero-order valence-corrected chi connectivity index (χ0v) is 15.7. The van der Waals surface area contributed by atoms with Crippen molar-refractivity contribution in [1.29, 1.82) is 0 Å². The van der Waals surface area contributed by atoms with Crippen molar-refractivity contribution in [2.45, 2.75) is 38.5 Å². The molecule has 0 aliphatic carbocycles. The first-order valence-corrected chi connectivity index (χ1v) is 9.95. The number of benzene rings is 1. The van der Waals surface area contributed by atoms with E-state index in [1.807, 2.05) is 31.2 Å². The van der Waals surface area contributed by atoms with Crippen LogP contribution in [0, 0.1) is 26.7 Å². The molecule has 136 valence electrons. The number of piperidine rings is 1. The number of hydrogen-bond acceptors (Lipinski definition) is 5. The summed E-state index contributed by atoms with van der Waals surface area (Å²) in [5.74, 6) is 1.60. The summed E-state index contributed by atoms with van der Waals surface area (Å²) in [7, 11) is -3.54. The van der Waals surface area contributed by atoms with Gasteiger partial charge in [-0.05, 0) is 51.2 Å². The number of ether oxygens (including phenoxy) is 1. The van der Waals surface area contributed by atoms with Crippen molar-refractivity contribution in [2.75, 3.05) is 19.7 Å². The maximum absolute atomic E-state index is 12.8. The molecule has 2 heterocycles. The van der Waals surface area contributed by atoms with Gasteiger partial charge in [-0.15, -0.1) is 0 Å². The Morgan fingerprint density at radius 2 is 1.88 bits per heavy atom. The smallest absolute Gasteiger partial charge is 0.248 e. The molecular weight excluding hydrogens is 340 g/mol. The summed E-state index contributed by atoms with van der Waals surface area (Å²) in [6, 6.07) is 7.93. The van der Waals surface area contributed by atoms with Gasteiger partial charge in [-0.25, -0.2) is 8.42 Å². The summed E-state index contributed by atoms with van der Waals surface area (Å²) in [4.78, 5) is 0.210. The van der Waals surface area contributed by atoms with Gasteiger partial charge in [-0.2, -0.15) is 4.31 Å². The molecule has 0 N–H and O–H groups in total. The number of sulfonamides is 1. The van der Waals surface area contributed by atoms with Gasteiger partial charge in [-0.3, -0.25) is 0 Å². The Morgan fingerprint density at radius 3 is 2.48 bits per heavy atom. The highest BCUT2D eigenvalue weighted by molar-refractivity contribution is 7.89. The molecular formula is C18H24N2O4S. The average Bonchev–Trinajstić information content (AvgIpc) is 2.94. The lowest BCUT2D eigenvalue weighted by molar-refractivity contribution is 0.184. The van der Waals surface area contributed by atoms with Crippen LogP contribution in [0.25, 0.3) is 0 Å². The largest absolute Gasteiger partial charge is 0.493 e. The van der Waals surface area contributed by atoms with Crippen LogP contribution < -0.4 is 4.74 Å². The zero-order chi connectivity index (χ0) is 18.0. The highest BCUT2D eigenvalue weighted by Gasteiger charge is 2.33. The molecule has 1 aliphatic rings. The van der Waals surface area contributed by atoms with E-state index in [-0.39, 0.29) is 4.90 Å². The predicted molar refractivity (Wildman–Crippen MR) is 94.1 cm³/mol. The molecule has 0 radical (unpaired) electrons. The number of hydrogen-bond donors (Lipinski definition) is 0. The number of rotatable bonds is 5. The Kier molecular flexibility index (Phi) is 5.15. The molecule has 6 nitrogen and oxygen atoms in total. The Hall–Kier alpha value is -1.86. The van der Waals surface area contributed by atoms with E-state index in [2.05, 4.69) is 5.16 Å². The van der Waals surface area contributed by atoms with E-state index in [1.165, 1.54) is 4.31 Å². The number of para-hydroxylation sites is 1. The van der Waals surface area contributed by atoms with Crippen molar-refractivity contribution in [1.82, 2.24) is 9.46 Å². The van der Waals surface area contributed by atoms with E-state index in [0.717, 1.165) is 24.2 Å². The molecule has 25 heavy (non-hydrogen) atoms. The van der Waals surface area contributed by atoms with E-state index in [0.29, 0.717) is 37.1 Å². The number of aromatic nitrogens is 1. The van der Waals surface area contributed by atoms with Crippen LogP contribution in [-0.4, -0.2) is 37.6 Å². The molecule has 7 heteroatoms. The van der Waals surface area contributed by atoms with Crippen molar-refractivity contribution in [3.8, 4) is 5.75 Å². The lowest BCUT2D eigenvalue weighted by Gasteiger charge is -2.31. The lowest BCUT2D eigenvalue weighted by Crippen LogP contribution is -2.40. The topological polar surface area (TPSA) is 72.6 Å². The van der Waals surface area contributed by atoms with Gasteiger partial charge in [0.1, 0.15) is 16.3 Å². The van der Waals surface area contributed by atoms with Crippen molar-refractivity contribution in [3.05, 3.63) is 41.3 Å². The Labute approximate surface area is 148 Å². The minimum Gasteiger partial charge on any atom is -0.493 e. The lowest BCUT2D eigenvalue weighted by atomic mass is 9.99. The van der Waals surface area contributed by atoms with Crippen molar-refractivity contribution >= 4 is 10.0 Å². The monoisotopic (exact) mass is 364 g/mol. The fourth-order valence-corrected chi connectivity index (χ4v) is 4.98. The third kappa shape index (κ3) is 3.72. The number of nitrogens with zero attached hydrogens (tertiary/aromatic N) is 2. The average molecular weight is 364 g/mol. The first-order chi connectivity index (χ1) is 11.9. The summed E-state index contributed by atoms with van der Waals surface area (Å²) in [6.07, 6.45) is 1.57. The minimum absolute atomic E-state index is 0.210. The Balaban J connectivity index is 1.59. The molecule has 0 amide bonds. The van der Waals surface area contributed by atoms with Gasteiger partial charge in [0, 0.05) is 13.1 Å². The molecule has 0 saturated carbocycles. The van der Waals surface area contributed by atoms with Crippen LogP contribution in [0.2, 0.25) is 0 Å². The normalized spacial score (nSPS) is 16.9. The van der Waals surface area contributed by atoms with E-state index >= 15 is 0 Å². The predicted octanol–water partition coefficient (Wildman–Crippen LogP) is 3.08. The molecule has 1 aromatic carbocycles. The molecule has 0 unspecified atom stereocenters. The third-order valence-electron chi connectivity index (χ3n) is 4.71. The van der Waals surface area contributed by atoms with Crippen molar-refractivity contribution in [2.24, 2.45) is 5.92 Å². The van der Waals surface area contributed by atoms with E-state index < -0.39 is 10.0 Å². The van der Waals surface area contributed by atoms with Crippen LogP contribution in [0.15, 0.2) is 33.7 Å². The molecule has 2 aromatic rings. The van der Waals surface area contributed by atoms with Crippen molar-refractivity contribution < 1.29 is 17.7 Å². The SMILES string of the molecule is Cc1ccccc1OCC1CCN(S(=O)(=O)c2c(C)noc2C)CC1. The van der Waals surface area contributed by atoms with Crippen LogP contribution in [0.5, 0.6) is 5.75 Å². The molecule has 0 spiro atoms. The van der Waals surface area contributed by atoms with Gasteiger partial charge in [0.05, 0.1) is 6.61 Å². The van der Waals surface area contributed by atoms with E-state index in [1.54, 1.807) is 13.8 Å². The van der Waals surface area contributed by atoms with Gasteiger partial charge < -0.3 is 9.26 Å². The van der Waals surface area contributed by atoms with Crippen LogP contribution in [0.4, 0.5) is 0 Å².